The van der Waals surface area contributed by atoms with Gasteiger partial charge in [-0.25, -0.2) is 21.1 Å². The average molecular weight is 417 g/mol. The number of nitrogens with zero attached hydrogens (tertiary/aromatic N) is 1. The molecule has 1 aromatic rings. The number of nitrogens with one attached hydrogen (secondary N) is 1. The number of amides is 1. The minimum absolute atomic E-state index is 0.0747. The lowest BCUT2D eigenvalue weighted by Crippen LogP contribution is -2.44. The second-order valence-corrected chi connectivity index (χ2v) is 11.2. The summed E-state index contributed by atoms with van der Waals surface area (Å²) in [5, 5.41) is 3.02. The van der Waals surface area contributed by atoms with Crippen LogP contribution in [0.3, 0.4) is 0 Å². The van der Waals surface area contributed by atoms with E-state index in [1.54, 1.807) is 31.2 Å². The molecule has 1 N–H and O–H groups in total. The van der Waals surface area contributed by atoms with Crippen LogP contribution in [-0.2, 0) is 24.7 Å². The molecule has 1 fully saturated rings. The molecule has 0 aliphatic carbocycles. The van der Waals surface area contributed by atoms with Gasteiger partial charge in [-0.15, -0.1) is 0 Å². The zero-order chi connectivity index (χ0) is 20.2. The normalized spacial score (nSPS) is 18.2. The van der Waals surface area contributed by atoms with Gasteiger partial charge in [0.2, 0.25) is 15.9 Å². The van der Waals surface area contributed by atoms with Crippen molar-refractivity contribution in [2.45, 2.75) is 44.0 Å². The van der Waals surface area contributed by atoms with Crippen molar-refractivity contribution in [1.82, 2.24) is 9.62 Å². The summed E-state index contributed by atoms with van der Waals surface area (Å²) in [6.45, 7) is 4.31. The van der Waals surface area contributed by atoms with Crippen LogP contribution in [0.5, 0.6) is 0 Å². The predicted molar refractivity (Wildman–Crippen MR) is 104 cm³/mol. The summed E-state index contributed by atoms with van der Waals surface area (Å²) >= 11 is 0. The van der Waals surface area contributed by atoms with Gasteiger partial charge in [-0.2, -0.15) is 0 Å². The Bertz CT molecular complexity index is 856. The van der Waals surface area contributed by atoms with Crippen molar-refractivity contribution in [2.75, 3.05) is 25.1 Å². The molecule has 0 spiro atoms. The molecule has 1 aromatic carbocycles. The van der Waals surface area contributed by atoms with E-state index in [0.717, 1.165) is 11.8 Å². The molecule has 152 valence electrons. The molecule has 1 atom stereocenters. The third kappa shape index (κ3) is 5.52. The van der Waals surface area contributed by atoms with Gasteiger partial charge in [-0.3, -0.25) is 4.79 Å². The third-order valence-electron chi connectivity index (χ3n) is 5.02. The minimum Gasteiger partial charge on any atom is -0.349 e. The quantitative estimate of drug-likeness (QED) is 0.729. The fraction of sp³-hybridized carbons (Fsp3) is 0.611. The van der Waals surface area contributed by atoms with Crippen LogP contribution in [0.1, 0.15) is 44.7 Å². The van der Waals surface area contributed by atoms with Gasteiger partial charge in [0.05, 0.1) is 16.7 Å². The lowest BCUT2D eigenvalue weighted by atomic mass is 9.96. The van der Waals surface area contributed by atoms with Crippen molar-refractivity contribution in [3.05, 3.63) is 29.8 Å². The maximum atomic E-state index is 12.6. The van der Waals surface area contributed by atoms with E-state index in [9.17, 15) is 21.6 Å². The molecule has 1 aliphatic heterocycles. The topological polar surface area (TPSA) is 101 Å². The summed E-state index contributed by atoms with van der Waals surface area (Å²) in [7, 11) is -6.46. The van der Waals surface area contributed by atoms with E-state index in [1.165, 1.54) is 4.31 Å². The number of benzene rings is 1. The Hall–Kier alpha value is -1.45. The minimum atomic E-state index is -3.25. The smallest absolute Gasteiger partial charge is 0.223 e. The molecule has 0 unspecified atom stereocenters. The van der Waals surface area contributed by atoms with Crippen LogP contribution in [0, 0.1) is 5.92 Å². The standard InChI is InChI=1S/C18H28N2O5S2/c1-4-17(14-6-8-16(9-7-14)26(3,22)23)19-18(21)15-10-12-20(13-11-15)27(24,25)5-2/h6-9,15,17H,4-5,10-13H2,1-3H3,(H,19,21)/t17-/m0/s1. The second-order valence-electron chi connectivity index (χ2n) is 6.88. The van der Waals surface area contributed by atoms with Crippen molar-refractivity contribution in [3.8, 4) is 0 Å². The Kier molecular flexibility index (Phi) is 7.04. The number of piperidine rings is 1. The summed E-state index contributed by atoms with van der Waals surface area (Å²) in [6.07, 6.45) is 2.85. The summed E-state index contributed by atoms with van der Waals surface area (Å²) in [5.41, 5.74) is 0.851. The van der Waals surface area contributed by atoms with Gasteiger partial charge in [0, 0.05) is 25.3 Å². The van der Waals surface area contributed by atoms with Crippen molar-refractivity contribution in [2.24, 2.45) is 5.92 Å². The summed E-state index contributed by atoms with van der Waals surface area (Å²) in [4.78, 5) is 12.9. The largest absolute Gasteiger partial charge is 0.349 e. The maximum absolute atomic E-state index is 12.6. The Morgan fingerprint density at radius 3 is 2.11 bits per heavy atom. The van der Waals surface area contributed by atoms with Gasteiger partial charge in [0.1, 0.15) is 0 Å². The van der Waals surface area contributed by atoms with Crippen LogP contribution < -0.4 is 5.32 Å². The van der Waals surface area contributed by atoms with Crippen LogP contribution in [0.4, 0.5) is 0 Å². The van der Waals surface area contributed by atoms with E-state index in [4.69, 9.17) is 0 Å². The van der Waals surface area contributed by atoms with E-state index < -0.39 is 19.9 Å². The zero-order valence-corrected chi connectivity index (χ0v) is 17.6. The molecule has 7 nitrogen and oxygen atoms in total. The first-order valence-corrected chi connectivity index (χ1v) is 12.7. The summed E-state index contributed by atoms with van der Waals surface area (Å²) < 4.78 is 48.4. The average Bonchev–Trinajstić information content (AvgIpc) is 2.65. The predicted octanol–water partition coefficient (Wildman–Crippen LogP) is 1.72. The summed E-state index contributed by atoms with van der Waals surface area (Å²) in [6, 6.07) is 6.34. The van der Waals surface area contributed by atoms with E-state index in [0.29, 0.717) is 32.4 Å². The number of hydrogen-bond donors (Lipinski definition) is 1. The molecule has 0 radical (unpaired) electrons. The van der Waals surface area contributed by atoms with Gasteiger partial charge in [0.15, 0.2) is 9.84 Å². The highest BCUT2D eigenvalue weighted by molar-refractivity contribution is 7.90. The van der Waals surface area contributed by atoms with Crippen LogP contribution in [0.25, 0.3) is 0 Å². The molecular weight excluding hydrogens is 388 g/mol. The Morgan fingerprint density at radius 2 is 1.67 bits per heavy atom. The van der Waals surface area contributed by atoms with Crippen LogP contribution in [0.2, 0.25) is 0 Å². The van der Waals surface area contributed by atoms with Crippen LogP contribution in [0.15, 0.2) is 29.2 Å². The molecule has 0 bridgehead atoms. The van der Waals surface area contributed by atoms with E-state index in [2.05, 4.69) is 5.32 Å². The molecular formula is C18H28N2O5S2. The van der Waals surface area contributed by atoms with Crippen molar-refractivity contribution < 1.29 is 21.6 Å². The maximum Gasteiger partial charge on any atom is 0.223 e. The van der Waals surface area contributed by atoms with E-state index in [1.807, 2.05) is 6.92 Å². The first-order chi connectivity index (χ1) is 12.6. The highest BCUT2D eigenvalue weighted by Gasteiger charge is 2.30. The van der Waals surface area contributed by atoms with Gasteiger partial charge in [0.25, 0.3) is 0 Å². The number of rotatable bonds is 7. The number of carbonyl (C=O) groups excluding carboxylic acids is 1. The molecule has 0 saturated carbocycles. The summed E-state index contributed by atoms with van der Waals surface area (Å²) in [5.74, 6) is -0.217. The molecule has 27 heavy (non-hydrogen) atoms. The van der Waals surface area contributed by atoms with Crippen molar-refractivity contribution >= 4 is 25.8 Å². The van der Waals surface area contributed by atoms with Gasteiger partial charge in [-0.05, 0) is 43.9 Å². The first kappa shape index (κ1) is 21.8. The Balaban J connectivity index is 2.00. The van der Waals surface area contributed by atoms with E-state index >= 15 is 0 Å². The number of sulfone groups is 1. The molecule has 2 rings (SSSR count). The van der Waals surface area contributed by atoms with Crippen molar-refractivity contribution in [1.29, 1.82) is 0 Å². The van der Waals surface area contributed by atoms with Crippen LogP contribution in [-0.4, -0.2) is 52.1 Å². The monoisotopic (exact) mass is 416 g/mol. The fourth-order valence-corrected chi connectivity index (χ4v) is 5.00. The van der Waals surface area contributed by atoms with Gasteiger partial charge < -0.3 is 5.32 Å². The van der Waals surface area contributed by atoms with Crippen LogP contribution >= 0.6 is 0 Å². The van der Waals surface area contributed by atoms with Crippen molar-refractivity contribution in [3.63, 3.8) is 0 Å². The second kappa shape index (κ2) is 8.70. The lowest BCUT2D eigenvalue weighted by Gasteiger charge is -2.31. The molecule has 1 aliphatic rings. The zero-order valence-electron chi connectivity index (χ0n) is 16.0. The Labute approximate surface area is 162 Å². The third-order valence-corrected chi connectivity index (χ3v) is 8.03. The number of sulfonamides is 1. The molecule has 0 aromatic heterocycles. The first-order valence-electron chi connectivity index (χ1n) is 9.16. The molecule has 1 saturated heterocycles. The highest BCUT2D eigenvalue weighted by Crippen LogP contribution is 2.23. The molecule has 9 heteroatoms. The fourth-order valence-electron chi connectivity index (χ4n) is 3.24. The van der Waals surface area contributed by atoms with Gasteiger partial charge >= 0.3 is 0 Å². The van der Waals surface area contributed by atoms with E-state index in [-0.39, 0.29) is 28.5 Å². The van der Waals surface area contributed by atoms with Gasteiger partial charge in [-0.1, -0.05) is 19.1 Å². The number of hydrogen-bond acceptors (Lipinski definition) is 5. The molecule has 1 heterocycles. The molecule has 1 amide bonds. The highest BCUT2D eigenvalue weighted by atomic mass is 32.2. The lowest BCUT2D eigenvalue weighted by molar-refractivity contribution is -0.126. The Morgan fingerprint density at radius 1 is 1.11 bits per heavy atom. The SMILES string of the molecule is CC[C@H](NC(=O)C1CCN(S(=O)(=O)CC)CC1)c1ccc(S(C)(=O)=O)cc1. The number of carbonyl (C=O) groups is 1.